The molecule has 6 nitrogen and oxygen atoms in total. The van der Waals surface area contributed by atoms with Gasteiger partial charge in [0, 0.05) is 18.3 Å². The van der Waals surface area contributed by atoms with Crippen molar-refractivity contribution in [3.63, 3.8) is 0 Å². The SMILES string of the molecule is N#Cc1ccc(NCC2CCCNC2)cc1[N+](=O)[O-]. The zero-order valence-electron chi connectivity index (χ0n) is 10.6. The fourth-order valence-corrected chi connectivity index (χ4v) is 2.25. The zero-order chi connectivity index (χ0) is 13.7. The monoisotopic (exact) mass is 260 g/mol. The van der Waals surface area contributed by atoms with E-state index in [4.69, 9.17) is 5.26 Å². The number of nitrogens with zero attached hydrogens (tertiary/aromatic N) is 2. The summed E-state index contributed by atoms with van der Waals surface area (Å²) in [6, 6.07) is 6.45. The molecular weight excluding hydrogens is 244 g/mol. The highest BCUT2D eigenvalue weighted by molar-refractivity contribution is 5.59. The first-order valence-corrected chi connectivity index (χ1v) is 6.34. The van der Waals surface area contributed by atoms with Gasteiger partial charge in [0.2, 0.25) is 0 Å². The lowest BCUT2D eigenvalue weighted by atomic mass is 9.99. The molecule has 0 amide bonds. The molecule has 2 N–H and O–H groups in total. The van der Waals surface area contributed by atoms with Gasteiger partial charge in [0.15, 0.2) is 0 Å². The van der Waals surface area contributed by atoms with Gasteiger partial charge < -0.3 is 10.6 Å². The Bertz CT molecular complexity index is 504. The zero-order valence-corrected chi connectivity index (χ0v) is 10.6. The van der Waals surface area contributed by atoms with Crippen LogP contribution in [-0.2, 0) is 0 Å². The highest BCUT2D eigenvalue weighted by atomic mass is 16.6. The minimum absolute atomic E-state index is 0.0925. The molecule has 0 radical (unpaired) electrons. The number of nitro groups is 1. The quantitative estimate of drug-likeness (QED) is 0.637. The molecule has 0 aliphatic carbocycles. The third kappa shape index (κ3) is 3.42. The molecule has 0 aromatic heterocycles. The van der Waals surface area contributed by atoms with E-state index in [0.717, 1.165) is 19.6 Å². The number of anilines is 1. The Morgan fingerprint density at radius 3 is 3.05 bits per heavy atom. The average molecular weight is 260 g/mol. The molecule has 1 aromatic rings. The Balaban J connectivity index is 2.02. The summed E-state index contributed by atoms with van der Waals surface area (Å²) < 4.78 is 0. The van der Waals surface area contributed by atoms with E-state index in [0.29, 0.717) is 11.6 Å². The van der Waals surface area contributed by atoms with Crippen molar-refractivity contribution in [2.75, 3.05) is 25.0 Å². The molecule has 0 spiro atoms. The highest BCUT2D eigenvalue weighted by Crippen LogP contribution is 2.23. The summed E-state index contributed by atoms with van der Waals surface area (Å²) in [5.74, 6) is 0.545. The van der Waals surface area contributed by atoms with E-state index in [1.54, 1.807) is 6.07 Å². The minimum atomic E-state index is -0.522. The van der Waals surface area contributed by atoms with Crippen LogP contribution in [0.2, 0.25) is 0 Å². The first-order valence-electron chi connectivity index (χ1n) is 6.34. The van der Waals surface area contributed by atoms with E-state index < -0.39 is 4.92 Å². The molecule has 1 unspecified atom stereocenters. The molecular formula is C13H16N4O2. The Labute approximate surface area is 111 Å². The largest absolute Gasteiger partial charge is 0.385 e. The molecule has 2 rings (SSSR count). The number of hydrogen-bond acceptors (Lipinski definition) is 5. The van der Waals surface area contributed by atoms with E-state index in [9.17, 15) is 10.1 Å². The summed E-state index contributed by atoms with van der Waals surface area (Å²) in [5, 5.41) is 26.2. The molecule has 1 saturated heterocycles. The van der Waals surface area contributed by atoms with Crippen molar-refractivity contribution in [3.05, 3.63) is 33.9 Å². The molecule has 19 heavy (non-hydrogen) atoms. The third-order valence-corrected chi connectivity index (χ3v) is 3.31. The lowest BCUT2D eigenvalue weighted by molar-refractivity contribution is -0.385. The van der Waals surface area contributed by atoms with E-state index in [1.807, 2.05) is 6.07 Å². The minimum Gasteiger partial charge on any atom is -0.385 e. The van der Waals surface area contributed by atoms with Crippen LogP contribution in [0.3, 0.4) is 0 Å². The van der Waals surface area contributed by atoms with Gasteiger partial charge in [0.25, 0.3) is 5.69 Å². The molecule has 1 atom stereocenters. The van der Waals surface area contributed by atoms with Crippen molar-refractivity contribution in [2.24, 2.45) is 5.92 Å². The molecule has 1 heterocycles. The molecule has 100 valence electrons. The Morgan fingerprint density at radius 2 is 2.42 bits per heavy atom. The van der Waals surface area contributed by atoms with Crippen LogP contribution in [0.5, 0.6) is 0 Å². The van der Waals surface area contributed by atoms with Crippen LogP contribution >= 0.6 is 0 Å². The standard InChI is InChI=1S/C13H16N4O2/c14-7-11-3-4-12(6-13(11)17(18)19)16-9-10-2-1-5-15-8-10/h3-4,6,10,15-16H,1-2,5,8-9H2. The van der Waals surface area contributed by atoms with Crippen LogP contribution in [0.1, 0.15) is 18.4 Å². The summed E-state index contributed by atoms with van der Waals surface area (Å²) in [7, 11) is 0. The second-order valence-electron chi connectivity index (χ2n) is 4.69. The molecule has 0 saturated carbocycles. The lowest BCUT2D eigenvalue weighted by Crippen LogP contribution is -2.33. The number of nitro benzene ring substituents is 1. The number of rotatable bonds is 4. The number of nitrogens with one attached hydrogen (secondary N) is 2. The lowest BCUT2D eigenvalue weighted by Gasteiger charge is -2.23. The van der Waals surface area contributed by atoms with E-state index in [-0.39, 0.29) is 11.3 Å². The fourth-order valence-electron chi connectivity index (χ4n) is 2.25. The van der Waals surface area contributed by atoms with Gasteiger partial charge in [0.1, 0.15) is 11.6 Å². The maximum atomic E-state index is 10.9. The third-order valence-electron chi connectivity index (χ3n) is 3.31. The van der Waals surface area contributed by atoms with Crippen molar-refractivity contribution < 1.29 is 4.92 Å². The summed E-state index contributed by atoms with van der Waals surface area (Å²) in [4.78, 5) is 10.3. The number of piperidine rings is 1. The van der Waals surface area contributed by atoms with Crippen LogP contribution in [0.4, 0.5) is 11.4 Å². The first kappa shape index (κ1) is 13.3. The fraction of sp³-hybridized carbons (Fsp3) is 0.462. The maximum Gasteiger partial charge on any atom is 0.289 e. The van der Waals surface area contributed by atoms with Gasteiger partial charge in [-0.25, -0.2) is 0 Å². The number of benzene rings is 1. The second kappa shape index (κ2) is 6.16. The molecule has 1 aromatic carbocycles. The summed E-state index contributed by atoms with van der Waals surface area (Å²) in [6.07, 6.45) is 2.33. The predicted molar refractivity (Wildman–Crippen MR) is 71.9 cm³/mol. The van der Waals surface area contributed by atoms with E-state index >= 15 is 0 Å². The van der Waals surface area contributed by atoms with Crippen molar-refractivity contribution in [2.45, 2.75) is 12.8 Å². The van der Waals surface area contributed by atoms with Crippen LogP contribution in [0, 0.1) is 27.4 Å². The first-order chi connectivity index (χ1) is 9.20. The predicted octanol–water partition coefficient (Wildman–Crippen LogP) is 1.88. The van der Waals surface area contributed by atoms with Crippen LogP contribution in [0.25, 0.3) is 0 Å². The van der Waals surface area contributed by atoms with Crippen LogP contribution in [0.15, 0.2) is 18.2 Å². The molecule has 1 aliphatic rings. The average Bonchev–Trinajstić information content (AvgIpc) is 2.46. The van der Waals surface area contributed by atoms with E-state index in [1.165, 1.54) is 25.0 Å². The molecule has 6 heteroatoms. The molecule has 1 fully saturated rings. The van der Waals surface area contributed by atoms with Crippen molar-refractivity contribution in [3.8, 4) is 6.07 Å². The maximum absolute atomic E-state index is 10.9. The molecule has 1 aliphatic heterocycles. The Hall–Kier alpha value is -2.13. The number of nitriles is 1. The topological polar surface area (TPSA) is 91.0 Å². The Morgan fingerprint density at radius 1 is 1.58 bits per heavy atom. The van der Waals surface area contributed by atoms with Crippen molar-refractivity contribution in [1.29, 1.82) is 5.26 Å². The molecule has 0 bridgehead atoms. The van der Waals surface area contributed by atoms with Gasteiger partial charge >= 0.3 is 0 Å². The van der Waals surface area contributed by atoms with Crippen molar-refractivity contribution in [1.82, 2.24) is 5.32 Å². The summed E-state index contributed by atoms with van der Waals surface area (Å²) in [6.45, 7) is 2.83. The van der Waals surface area contributed by atoms with Gasteiger partial charge in [-0.3, -0.25) is 10.1 Å². The summed E-state index contributed by atoms with van der Waals surface area (Å²) >= 11 is 0. The number of hydrogen-bond donors (Lipinski definition) is 2. The summed E-state index contributed by atoms with van der Waals surface area (Å²) in [5.41, 5.74) is 0.639. The highest BCUT2D eigenvalue weighted by Gasteiger charge is 2.16. The normalized spacial score (nSPS) is 18.6. The van der Waals surface area contributed by atoms with Gasteiger partial charge in [-0.15, -0.1) is 0 Å². The Kier molecular flexibility index (Phi) is 4.31. The van der Waals surface area contributed by atoms with Crippen LogP contribution in [-0.4, -0.2) is 24.6 Å². The van der Waals surface area contributed by atoms with Crippen LogP contribution < -0.4 is 10.6 Å². The van der Waals surface area contributed by atoms with Gasteiger partial charge in [0.05, 0.1) is 4.92 Å². The van der Waals surface area contributed by atoms with E-state index in [2.05, 4.69) is 10.6 Å². The van der Waals surface area contributed by atoms with Gasteiger partial charge in [-0.2, -0.15) is 5.26 Å². The smallest absolute Gasteiger partial charge is 0.289 e. The second-order valence-corrected chi connectivity index (χ2v) is 4.69. The van der Waals surface area contributed by atoms with Gasteiger partial charge in [-0.05, 0) is 44.0 Å². The van der Waals surface area contributed by atoms with Gasteiger partial charge in [-0.1, -0.05) is 0 Å². The van der Waals surface area contributed by atoms with Crippen molar-refractivity contribution >= 4 is 11.4 Å².